The maximum absolute atomic E-state index is 13.2. The van der Waals surface area contributed by atoms with Crippen LogP contribution in [0.2, 0.25) is 0 Å². The first kappa shape index (κ1) is 18.2. The third-order valence-electron chi connectivity index (χ3n) is 4.91. The largest absolute Gasteiger partial charge is 0.342 e. The Labute approximate surface area is 162 Å². The highest BCUT2D eigenvalue weighted by atomic mass is 19.1. The number of hydrogen-bond donors (Lipinski definition) is 3. The van der Waals surface area contributed by atoms with Crippen LogP contribution in [0.25, 0.3) is 11.0 Å². The smallest absolute Gasteiger partial charge is 0.320 e. The lowest BCUT2D eigenvalue weighted by Gasteiger charge is -2.19. The monoisotopic (exact) mass is 382 g/mol. The molecule has 1 aliphatic carbocycles. The number of carbonyl (C=O) groups excluding carboxylic acids is 1. The maximum atomic E-state index is 13.2. The van der Waals surface area contributed by atoms with Gasteiger partial charge in [-0.2, -0.15) is 5.10 Å². The number of aromatic amines is 1. The second-order valence-electron chi connectivity index (χ2n) is 7.02. The van der Waals surface area contributed by atoms with E-state index < -0.39 is 0 Å². The number of halogens is 1. The number of benzene rings is 1. The topological polar surface area (TPSA) is 87.6 Å². The number of fused-ring (bicyclic) bond motifs is 1. The zero-order chi connectivity index (χ0) is 19.3. The van der Waals surface area contributed by atoms with E-state index in [1.165, 1.54) is 12.1 Å². The van der Waals surface area contributed by atoms with Gasteiger partial charge < -0.3 is 10.3 Å². The highest BCUT2D eigenvalue weighted by Crippen LogP contribution is 2.21. The van der Waals surface area contributed by atoms with Gasteiger partial charge >= 0.3 is 6.03 Å². The average Bonchev–Trinajstić information content (AvgIpc) is 3.28. The third-order valence-corrected chi connectivity index (χ3v) is 4.91. The summed E-state index contributed by atoms with van der Waals surface area (Å²) in [6.45, 7) is 1.21. The molecule has 0 fully saturated rings. The van der Waals surface area contributed by atoms with E-state index in [4.69, 9.17) is 0 Å². The van der Waals surface area contributed by atoms with Gasteiger partial charge in [0.25, 0.3) is 0 Å². The van der Waals surface area contributed by atoms with Crippen LogP contribution in [0.5, 0.6) is 0 Å². The number of anilines is 1. The van der Waals surface area contributed by atoms with Crippen LogP contribution in [0.3, 0.4) is 0 Å². The molecule has 1 aliphatic rings. The molecule has 146 valence electrons. The predicted octanol–water partition coefficient (Wildman–Crippen LogP) is 3.62. The number of carbonyl (C=O) groups is 1. The minimum atomic E-state index is -0.305. The summed E-state index contributed by atoms with van der Waals surface area (Å²) in [6.07, 6.45) is 9.94. The summed E-state index contributed by atoms with van der Waals surface area (Å²) in [5, 5.41) is 10.00. The van der Waals surface area contributed by atoms with Crippen molar-refractivity contribution in [3.63, 3.8) is 0 Å². The predicted molar refractivity (Wildman–Crippen MR) is 105 cm³/mol. The molecule has 0 saturated heterocycles. The van der Waals surface area contributed by atoms with Crippen LogP contribution in [-0.4, -0.2) is 32.3 Å². The summed E-state index contributed by atoms with van der Waals surface area (Å²) < 4.78 is 15.1. The molecular formula is C20H23FN6O. The molecule has 2 aromatic heterocycles. The normalized spacial score (nSPS) is 16.4. The van der Waals surface area contributed by atoms with Gasteiger partial charge in [-0.15, -0.1) is 0 Å². The molecule has 3 N–H and O–H groups in total. The molecule has 1 atom stereocenters. The van der Waals surface area contributed by atoms with Gasteiger partial charge in [-0.1, -0.05) is 12.2 Å². The fourth-order valence-electron chi connectivity index (χ4n) is 3.46. The molecule has 28 heavy (non-hydrogen) atoms. The van der Waals surface area contributed by atoms with Gasteiger partial charge in [0.05, 0.1) is 17.2 Å². The van der Waals surface area contributed by atoms with Crippen molar-refractivity contribution in [1.29, 1.82) is 0 Å². The van der Waals surface area contributed by atoms with Gasteiger partial charge in [-0.25, -0.2) is 18.9 Å². The van der Waals surface area contributed by atoms with Crippen molar-refractivity contribution in [1.82, 2.24) is 25.1 Å². The summed E-state index contributed by atoms with van der Waals surface area (Å²) in [5.41, 5.74) is 1.36. The van der Waals surface area contributed by atoms with Gasteiger partial charge in [0, 0.05) is 25.6 Å². The van der Waals surface area contributed by atoms with Crippen LogP contribution in [0.15, 0.2) is 42.6 Å². The van der Waals surface area contributed by atoms with E-state index >= 15 is 0 Å². The quantitative estimate of drug-likeness (QED) is 0.569. The number of amides is 2. The highest BCUT2D eigenvalue weighted by Gasteiger charge is 2.14. The van der Waals surface area contributed by atoms with Crippen molar-refractivity contribution in [2.45, 2.75) is 32.2 Å². The maximum Gasteiger partial charge on any atom is 0.320 e. The lowest BCUT2D eigenvalue weighted by molar-refractivity contribution is 0.252. The number of urea groups is 1. The van der Waals surface area contributed by atoms with Gasteiger partial charge in [-0.05, 0) is 43.4 Å². The molecule has 1 unspecified atom stereocenters. The number of H-pyrrole nitrogens is 1. The van der Waals surface area contributed by atoms with Crippen LogP contribution in [0.4, 0.5) is 15.0 Å². The molecule has 0 bridgehead atoms. The van der Waals surface area contributed by atoms with Gasteiger partial charge in [0.1, 0.15) is 17.5 Å². The van der Waals surface area contributed by atoms with Gasteiger partial charge in [-0.3, -0.25) is 5.32 Å². The first-order valence-electron chi connectivity index (χ1n) is 9.53. The molecule has 8 heteroatoms. The van der Waals surface area contributed by atoms with E-state index in [0.29, 0.717) is 41.6 Å². The number of imidazole rings is 1. The van der Waals surface area contributed by atoms with E-state index in [-0.39, 0.29) is 11.8 Å². The molecule has 2 heterocycles. The Morgan fingerprint density at radius 2 is 2.25 bits per heavy atom. The van der Waals surface area contributed by atoms with Crippen LogP contribution in [0.1, 0.15) is 25.1 Å². The lowest BCUT2D eigenvalue weighted by atomic mass is 9.94. The summed E-state index contributed by atoms with van der Waals surface area (Å²) in [6, 6.07) is 5.94. The average molecular weight is 382 g/mol. The van der Waals surface area contributed by atoms with Crippen molar-refractivity contribution in [3.8, 4) is 0 Å². The molecule has 4 rings (SSSR count). The Bertz CT molecular complexity index is 992. The number of nitrogens with zero attached hydrogens (tertiary/aromatic N) is 3. The van der Waals surface area contributed by atoms with Crippen LogP contribution in [0, 0.1) is 11.7 Å². The minimum Gasteiger partial charge on any atom is -0.342 e. The van der Waals surface area contributed by atoms with Crippen molar-refractivity contribution < 1.29 is 9.18 Å². The lowest BCUT2D eigenvalue weighted by Crippen LogP contribution is -2.31. The summed E-state index contributed by atoms with van der Waals surface area (Å²) in [7, 11) is 0. The van der Waals surface area contributed by atoms with E-state index in [0.717, 1.165) is 25.8 Å². The zero-order valence-electron chi connectivity index (χ0n) is 15.5. The summed E-state index contributed by atoms with van der Waals surface area (Å²) in [4.78, 5) is 19.7. The fourth-order valence-corrected chi connectivity index (χ4v) is 3.46. The number of allylic oxidation sites excluding steroid dienone is 2. The van der Waals surface area contributed by atoms with Crippen molar-refractivity contribution in [3.05, 3.63) is 54.3 Å². The van der Waals surface area contributed by atoms with Gasteiger partial charge in [0.15, 0.2) is 0 Å². The Hall–Kier alpha value is -3.16. The molecule has 0 aliphatic heterocycles. The van der Waals surface area contributed by atoms with Gasteiger partial charge in [0.2, 0.25) is 0 Å². The number of rotatable bonds is 6. The van der Waals surface area contributed by atoms with Crippen molar-refractivity contribution in [2.24, 2.45) is 5.92 Å². The second-order valence-corrected chi connectivity index (χ2v) is 7.02. The first-order chi connectivity index (χ1) is 13.7. The number of hydrogen-bond acceptors (Lipinski definition) is 3. The Kier molecular flexibility index (Phi) is 5.36. The van der Waals surface area contributed by atoms with Crippen molar-refractivity contribution in [2.75, 3.05) is 11.9 Å². The van der Waals surface area contributed by atoms with Crippen molar-refractivity contribution >= 4 is 22.9 Å². The standard InChI is InChI=1S/C20H23FN6O/c21-15-6-7-16-17(12-15)25-18(24-16)8-10-22-20(28)26-19-9-11-23-27(19)13-14-4-2-1-3-5-14/h1-2,6-7,9,11-12,14H,3-5,8,10,13H2,(H,24,25)(H2,22,26,28). The van der Waals surface area contributed by atoms with Crippen LogP contribution < -0.4 is 10.6 Å². The number of aromatic nitrogens is 4. The minimum absolute atomic E-state index is 0.285. The highest BCUT2D eigenvalue weighted by molar-refractivity contribution is 5.88. The first-order valence-corrected chi connectivity index (χ1v) is 9.53. The van der Waals surface area contributed by atoms with Crippen LogP contribution >= 0.6 is 0 Å². The molecular weight excluding hydrogens is 359 g/mol. The summed E-state index contributed by atoms with van der Waals surface area (Å²) in [5.74, 6) is 1.63. The Morgan fingerprint density at radius 1 is 1.32 bits per heavy atom. The molecule has 1 aromatic carbocycles. The molecule has 7 nitrogen and oxygen atoms in total. The van der Waals surface area contributed by atoms with E-state index in [1.807, 2.05) is 4.68 Å². The molecule has 0 radical (unpaired) electrons. The fraction of sp³-hybridized carbons (Fsp3) is 0.350. The molecule has 0 spiro atoms. The van der Waals surface area contributed by atoms with E-state index in [1.54, 1.807) is 18.3 Å². The Balaban J connectivity index is 1.27. The molecule has 2 amide bonds. The second kappa shape index (κ2) is 8.24. The Morgan fingerprint density at radius 3 is 3.11 bits per heavy atom. The molecule has 0 saturated carbocycles. The SMILES string of the molecule is O=C(NCCc1nc2ccc(F)cc2[nH]1)Nc1ccnn1CC1CC=CCC1. The third kappa shape index (κ3) is 4.39. The van der Waals surface area contributed by atoms with Crippen LogP contribution in [-0.2, 0) is 13.0 Å². The zero-order valence-corrected chi connectivity index (χ0v) is 15.5. The summed E-state index contributed by atoms with van der Waals surface area (Å²) >= 11 is 0. The number of nitrogens with one attached hydrogen (secondary N) is 3. The molecule has 3 aromatic rings. The van der Waals surface area contributed by atoms with E-state index in [2.05, 4.69) is 37.9 Å². The van der Waals surface area contributed by atoms with E-state index in [9.17, 15) is 9.18 Å².